The third-order valence-electron chi connectivity index (χ3n) is 3.72. The van der Waals surface area contributed by atoms with E-state index >= 15 is 0 Å². The molecule has 1 aliphatic rings. The van der Waals surface area contributed by atoms with Gasteiger partial charge < -0.3 is 10.1 Å². The Morgan fingerprint density at radius 2 is 1.81 bits per heavy atom. The molecule has 0 aromatic heterocycles. The van der Waals surface area contributed by atoms with E-state index in [9.17, 15) is 0 Å². The lowest BCUT2D eigenvalue weighted by molar-refractivity contribution is -0.0108. The van der Waals surface area contributed by atoms with Gasteiger partial charge in [0.1, 0.15) is 0 Å². The van der Waals surface area contributed by atoms with Crippen LogP contribution in [0.5, 0.6) is 0 Å². The molecular weight excluding hydrogens is 198 g/mol. The van der Waals surface area contributed by atoms with Crippen molar-refractivity contribution in [1.82, 2.24) is 5.32 Å². The van der Waals surface area contributed by atoms with Gasteiger partial charge in [-0.15, -0.1) is 0 Å². The Bertz CT molecular complexity index is 176. The maximum atomic E-state index is 5.97. The summed E-state index contributed by atoms with van der Waals surface area (Å²) in [5.41, 5.74) is 0. The van der Waals surface area contributed by atoms with Crippen LogP contribution in [0.25, 0.3) is 0 Å². The average Bonchev–Trinajstić information content (AvgIpc) is 2.76. The van der Waals surface area contributed by atoms with Gasteiger partial charge in [0.15, 0.2) is 0 Å². The van der Waals surface area contributed by atoms with E-state index in [1.165, 1.54) is 25.7 Å². The lowest BCUT2D eigenvalue weighted by atomic mass is 9.88. The fraction of sp³-hybridized carbons (Fsp3) is 1.00. The quantitative estimate of drug-likeness (QED) is 0.721. The van der Waals surface area contributed by atoms with Gasteiger partial charge in [0.25, 0.3) is 0 Å². The summed E-state index contributed by atoms with van der Waals surface area (Å²) < 4.78 is 5.97. The fourth-order valence-electron chi connectivity index (χ4n) is 3.01. The molecular formula is C14H29NO. The molecule has 2 unspecified atom stereocenters. The molecule has 0 heterocycles. The molecule has 1 fully saturated rings. The van der Waals surface area contributed by atoms with Crippen molar-refractivity contribution in [3.05, 3.63) is 0 Å². The second-order valence-corrected chi connectivity index (χ2v) is 5.29. The third kappa shape index (κ3) is 3.74. The molecule has 16 heavy (non-hydrogen) atoms. The minimum Gasteiger partial charge on any atom is -0.377 e. The summed E-state index contributed by atoms with van der Waals surface area (Å²) in [5.74, 6) is 1.43. The van der Waals surface area contributed by atoms with Crippen LogP contribution in [0.3, 0.4) is 0 Å². The van der Waals surface area contributed by atoms with Gasteiger partial charge in [0, 0.05) is 12.6 Å². The Kier molecular flexibility index (Phi) is 6.37. The minimum atomic E-state index is 0.382. The van der Waals surface area contributed by atoms with Gasteiger partial charge in [-0.1, -0.05) is 33.6 Å². The number of rotatable bonds is 7. The summed E-state index contributed by atoms with van der Waals surface area (Å²) in [6.45, 7) is 10.7. The largest absolute Gasteiger partial charge is 0.377 e. The molecule has 1 rings (SSSR count). The van der Waals surface area contributed by atoms with E-state index in [-0.39, 0.29) is 0 Å². The summed E-state index contributed by atoms with van der Waals surface area (Å²) in [7, 11) is 0. The van der Waals surface area contributed by atoms with E-state index < -0.39 is 0 Å². The van der Waals surface area contributed by atoms with Crippen molar-refractivity contribution in [2.75, 3.05) is 13.2 Å². The molecule has 96 valence electrons. The van der Waals surface area contributed by atoms with Gasteiger partial charge in [0.2, 0.25) is 0 Å². The minimum absolute atomic E-state index is 0.382. The molecule has 0 aliphatic heterocycles. The number of hydrogen-bond donors (Lipinski definition) is 1. The van der Waals surface area contributed by atoms with E-state index in [1.807, 2.05) is 0 Å². The zero-order chi connectivity index (χ0) is 12.0. The Morgan fingerprint density at radius 1 is 1.19 bits per heavy atom. The maximum Gasteiger partial charge on any atom is 0.0753 e. The van der Waals surface area contributed by atoms with Crippen molar-refractivity contribution in [3.8, 4) is 0 Å². The third-order valence-corrected chi connectivity index (χ3v) is 3.72. The standard InChI is InChI=1S/C14H29NO/c1-5-15-13(12-9-7-8-10-12)14(11(3)4)16-6-2/h11-15H,5-10H2,1-4H3. The van der Waals surface area contributed by atoms with Gasteiger partial charge in [-0.2, -0.15) is 0 Å². The van der Waals surface area contributed by atoms with Crippen molar-refractivity contribution < 1.29 is 4.74 Å². The predicted molar refractivity (Wildman–Crippen MR) is 69.7 cm³/mol. The zero-order valence-corrected chi connectivity index (χ0v) is 11.5. The first kappa shape index (κ1) is 14.0. The van der Waals surface area contributed by atoms with Crippen molar-refractivity contribution in [3.63, 3.8) is 0 Å². The van der Waals surface area contributed by atoms with Gasteiger partial charge >= 0.3 is 0 Å². The van der Waals surface area contributed by atoms with Crippen LogP contribution in [0.15, 0.2) is 0 Å². The van der Waals surface area contributed by atoms with Crippen LogP contribution in [0, 0.1) is 11.8 Å². The molecule has 0 amide bonds. The first-order valence-corrected chi connectivity index (χ1v) is 7.05. The van der Waals surface area contributed by atoms with Crippen molar-refractivity contribution in [1.29, 1.82) is 0 Å². The van der Waals surface area contributed by atoms with Crippen LogP contribution in [-0.2, 0) is 4.74 Å². The van der Waals surface area contributed by atoms with Crippen LogP contribution in [0.4, 0.5) is 0 Å². The maximum absolute atomic E-state index is 5.97. The molecule has 2 heteroatoms. The molecule has 2 atom stereocenters. The molecule has 0 bridgehead atoms. The highest BCUT2D eigenvalue weighted by molar-refractivity contribution is 4.88. The number of likely N-dealkylation sites (N-methyl/N-ethyl adjacent to an activating group) is 1. The second kappa shape index (κ2) is 7.29. The Labute approximate surface area is 101 Å². The summed E-state index contributed by atoms with van der Waals surface area (Å²) >= 11 is 0. The summed E-state index contributed by atoms with van der Waals surface area (Å²) in [6.07, 6.45) is 5.96. The topological polar surface area (TPSA) is 21.3 Å². The van der Waals surface area contributed by atoms with Crippen LogP contribution in [0.2, 0.25) is 0 Å². The van der Waals surface area contributed by atoms with Gasteiger partial charge in [0.05, 0.1) is 6.10 Å². The molecule has 0 radical (unpaired) electrons. The fourth-order valence-corrected chi connectivity index (χ4v) is 3.01. The number of ether oxygens (including phenoxy) is 1. The first-order valence-electron chi connectivity index (χ1n) is 7.05. The summed E-state index contributed by atoms with van der Waals surface area (Å²) in [4.78, 5) is 0. The van der Waals surface area contributed by atoms with Crippen molar-refractivity contribution >= 4 is 0 Å². The van der Waals surface area contributed by atoms with Crippen LogP contribution < -0.4 is 5.32 Å². The van der Waals surface area contributed by atoms with Crippen molar-refractivity contribution in [2.45, 2.75) is 65.5 Å². The van der Waals surface area contributed by atoms with E-state index in [4.69, 9.17) is 4.74 Å². The SMILES string of the molecule is CCNC(C1CCCC1)C(OCC)C(C)C. The van der Waals surface area contributed by atoms with E-state index in [0.717, 1.165) is 19.1 Å². The van der Waals surface area contributed by atoms with E-state index in [1.54, 1.807) is 0 Å². The normalized spacial score (nSPS) is 21.6. The highest BCUT2D eigenvalue weighted by Crippen LogP contribution is 2.31. The lowest BCUT2D eigenvalue weighted by Gasteiger charge is -2.34. The highest BCUT2D eigenvalue weighted by Gasteiger charge is 2.32. The molecule has 1 aliphatic carbocycles. The molecule has 2 nitrogen and oxygen atoms in total. The summed E-state index contributed by atoms with van der Waals surface area (Å²) in [5, 5.41) is 3.67. The van der Waals surface area contributed by atoms with Crippen LogP contribution >= 0.6 is 0 Å². The van der Waals surface area contributed by atoms with Crippen molar-refractivity contribution in [2.24, 2.45) is 11.8 Å². The van der Waals surface area contributed by atoms with Crippen LogP contribution in [-0.4, -0.2) is 25.3 Å². The molecule has 0 saturated heterocycles. The van der Waals surface area contributed by atoms with E-state index in [0.29, 0.717) is 18.1 Å². The van der Waals surface area contributed by atoms with Gasteiger partial charge in [-0.25, -0.2) is 0 Å². The molecule has 1 saturated carbocycles. The Balaban J connectivity index is 2.63. The van der Waals surface area contributed by atoms with Gasteiger partial charge in [-0.05, 0) is 38.1 Å². The Morgan fingerprint density at radius 3 is 2.25 bits per heavy atom. The first-order chi connectivity index (χ1) is 7.70. The summed E-state index contributed by atoms with van der Waals surface area (Å²) in [6, 6.07) is 0.562. The lowest BCUT2D eigenvalue weighted by Crippen LogP contribution is -2.48. The molecule has 1 N–H and O–H groups in total. The average molecular weight is 227 g/mol. The monoisotopic (exact) mass is 227 g/mol. The molecule has 0 aromatic carbocycles. The Hall–Kier alpha value is -0.0800. The smallest absolute Gasteiger partial charge is 0.0753 e. The number of hydrogen-bond acceptors (Lipinski definition) is 2. The predicted octanol–water partition coefficient (Wildman–Crippen LogP) is 3.22. The molecule has 0 spiro atoms. The second-order valence-electron chi connectivity index (χ2n) is 5.29. The van der Waals surface area contributed by atoms with Gasteiger partial charge in [-0.3, -0.25) is 0 Å². The number of nitrogens with one attached hydrogen (secondary N) is 1. The van der Waals surface area contributed by atoms with E-state index in [2.05, 4.69) is 33.0 Å². The van der Waals surface area contributed by atoms with Crippen LogP contribution in [0.1, 0.15) is 53.4 Å². The zero-order valence-electron chi connectivity index (χ0n) is 11.5. The molecule has 0 aromatic rings. The highest BCUT2D eigenvalue weighted by atomic mass is 16.5.